The molecule has 9 heteroatoms. The Morgan fingerprint density at radius 1 is 1.22 bits per heavy atom. The molecule has 0 spiro atoms. The van der Waals surface area contributed by atoms with Gasteiger partial charge < -0.3 is 20.2 Å². The van der Waals surface area contributed by atoms with E-state index < -0.39 is 0 Å². The number of benzene rings is 1. The van der Waals surface area contributed by atoms with Crippen molar-refractivity contribution < 1.29 is 14.7 Å². The zero-order valence-corrected chi connectivity index (χ0v) is 17.8. The average molecular weight is 435 g/mol. The number of H-pyrrole nitrogens is 1. The number of hydrogen-bond acceptors (Lipinski definition) is 5. The Kier molecular flexibility index (Phi) is 5.48. The van der Waals surface area contributed by atoms with Crippen LogP contribution in [0.4, 0.5) is 10.5 Å². The summed E-state index contributed by atoms with van der Waals surface area (Å²) >= 11 is 0. The standard InChI is InChI=1S/C23H26N6O3/c30-14-15-3-2-7-28(12-15)22(31)16-4-1-5-18(9-16)26-23(32)29-8-6-19-17(13-29)10-24-21-20(19)11-25-27-21/h1,4-5,9-11,15,30H,2-3,6-8,12-14H2,(H,26,32)(H,24,25,27). The molecule has 32 heavy (non-hydrogen) atoms. The zero-order valence-electron chi connectivity index (χ0n) is 17.8. The fourth-order valence-corrected chi connectivity index (χ4v) is 4.64. The third kappa shape index (κ3) is 3.91. The molecular formula is C23H26N6O3. The molecule has 1 unspecified atom stereocenters. The van der Waals surface area contributed by atoms with Gasteiger partial charge in [-0.3, -0.25) is 9.89 Å². The maximum absolute atomic E-state index is 12.9. The number of aliphatic hydroxyl groups is 1. The van der Waals surface area contributed by atoms with Crippen molar-refractivity contribution in [1.82, 2.24) is 25.0 Å². The van der Waals surface area contributed by atoms with Gasteiger partial charge in [0, 0.05) is 55.6 Å². The van der Waals surface area contributed by atoms with E-state index in [9.17, 15) is 14.7 Å². The van der Waals surface area contributed by atoms with Crippen molar-refractivity contribution in [3.05, 3.63) is 53.3 Å². The highest BCUT2D eigenvalue weighted by Crippen LogP contribution is 2.25. The van der Waals surface area contributed by atoms with Crippen LogP contribution in [0.2, 0.25) is 0 Å². The molecule has 9 nitrogen and oxygen atoms in total. The second-order valence-corrected chi connectivity index (χ2v) is 8.52. The quantitative estimate of drug-likeness (QED) is 0.586. The molecule has 3 amide bonds. The fraction of sp³-hybridized carbons (Fsp3) is 0.391. The summed E-state index contributed by atoms with van der Waals surface area (Å²) in [4.78, 5) is 33.8. The van der Waals surface area contributed by atoms with E-state index in [-0.39, 0.29) is 24.5 Å². The van der Waals surface area contributed by atoms with Gasteiger partial charge in [0.2, 0.25) is 0 Å². The lowest BCUT2D eigenvalue weighted by atomic mass is 9.98. The minimum Gasteiger partial charge on any atom is -0.396 e. The number of anilines is 1. The monoisotopic (exact) mass is 434 g/mol. The highest BCUT2D eigenvalue weighted by molar-refractivity contribution is 5.97. The second-order valence-electron chi connectivity index (χ2n) is 8.52. The number of pyridine rings is 1. The summed E-state index contributed by atoms with van der Waals surface area (Å²) in [5.74, 6) is 0.0664. The molecule has 3 N–H and O–H groups in total. The Morgan fingerprint density at radius 2 is 2.12 bits per heavy atom. The molecule has 166 valence electrons. The molecule has 0 saturated carbocycles. The van der Waals surface area contributed by atoms with Gasteiger partial charge in [0.15, 0.2) is 5.65 Å². The minimum atomic E-state index is -0.203. The molecule has 1 atom stereocenters. The Labute approximate surface area is 185 Å². The van der Waals surface area contributed by atoms with E-state index in [0.29, 0.717) is 37.4 Å². The van der Waals surface area contributed by atoms with Gasteiger partial charge >= 0.3 is 6.03 Å². The van der Waals surface area contributed by atoms with Crippen molar-refractivity contribution in [3.63, 3.8) is 0 Å². The van der Waals surface area contributed by atoms with E-state index in [1.807, 2.05) is 0 Å². The first kappa shape index (κ1) is 20.4. The van der Waals surface area contributed by atoms with Crippen molar-refractivity contribution in [1.29, 1.82) is 0 Å². The highest BCUT2D eigenvalue weighted by atomic mass is 16.3. The van der Waals surface area contributed by atoms with Crippen molar-refractivity contribution in [2.45, 2.75) is 25.8 Å². The third-order valence-electron chi connectivity index (χ3n) is 6.39. The van der Waals surface area contributed by atoms with Gasteiger partial charge in [-0.05, 0) is 54.5 Å². The molecule has 0 aliphatic carbocycles. The molecule has 2 aliphatic rings. The van der Waals surface area contributed by atoms with E-state index in [2.05, 4.69) is 20.5 Å². The van der Waals surface area contributed by atoms with E-state index in [4.69, 9.17) is 0 Å². The van der Waals surface area contributed by atoms with Crippen LogP contribution in [-0.2, 0) is 13.0 Å². The Balaban J connectivity index is 1.26. The number of urea groups is 1. The van der Waals surface area contributed by atoms with Gasteiger partial charge in [-0.15, -0.1) is 0 Å². The van der Waals surface area contributed by atoms with Crippen LogP contribution in [-0.4, -0.2) is 68.3 Å². The Bertz CT molecular complexity index is 1160. The van der Waals surface area contributed by atoms with Crippen molar-refractivity contribution in [2.75, 3.05) is 31.6 Å². The molecule has 2 aliphatic heterocycles. The lowest BCUT2D eigenvalue weighted by Crippen LogP contribution is -2.41. The van der Waals surface area contributed by atoms with E-state index in [1.165, 1.54) is 5.56 Å². The van der Waals surface area contributed by atoms with Crippen LogP contribution in [0.3, 0.4) is 0 Å². The smallest absolute Gasteiger partial charge is 0.322 e. The van der Waals surface area contributed by atoms with E-state index >= 15 is 0 Å². The molecule has 0 bridgehead atoms. The molecule has 2 aromatic heterocycles. The lowest BCUT2D eigenvalue weighted by Gasteiger charge is -2.32. The van der Waals surface area contributed by atoms with Crippen molar-refractivity contribution in [2.24, 2.45) is 5.92 Å². The van der Waals surface area contributed by atoms with Gasteiger partial charge in [0.1, 0.15) is 0 Å². The third-order valence-corrected chi connectivity index (χ3v) is 6.39. The van der Waals surface area contributed by atoms with E-state index in [0.717, 1.165) is 35.9 Å². The number of carbonyl (C=O) groups excluding carboxylic acids is 2. The first-order valence-electron chi connectivity index (χ1n) is 11.0. The molecule has 5 rings (SSSR count). The second kappa shape index (κ2) is 8.58. The van der Waals surface area contributed by atoms with Crippen LogP contribution in [0.1, 0.15) is 34.3 Å². The molecule has 1 saturated heterocycles. The summed E-state index contributed by atoms with van der Waals surface area (Å²) in [6.45, 7) is 2.43. The summed E-state index contributed by atoms with van der Waals surface area (Å²) < 4.78 is 0. The molecule has 1 fully saturated rings. The number of nitrogens with zero attached hydrogens (tertiary/aromatic N) is 4. The number of carbonyl (C=O) groups is 2. The van der Waals surface area contributed by atoms with Crippen molar-refractivity contribution >= 4 is 28.7 Å². The number of hydrogen-bond donors (Lipinski definition) is 3. The summed E-state index contributed by atoms with van der Waals surface area (Å²) in [7, 11) is 0. The average Bonchev–Trinajstić information content (AvgIpc) is 3.33. The number of nitrogens with one attached hydrogen (secondary N) is 2. The highest BCUT2D eigenvalue weighted by Gasteiger charge is 2.25. The summed E-state index contributed by atoms with van der Waals surface area (Å²) in [5, 5.41) is 20.3. The molecule has 1 aromatic carbocycles. The minimum absolute atomic E-state index is 0.0682. The Morgan fingerprint density at radius 3 is 3.00 bits per heavy atom. The van der Waals surface area contributed by atoms with Gasteiger partial charge in [0.05, 0.1) is 6.20 Å². The lowest BCUT2D eigenvalue weighted by molar-refractivity contribution is 0.0620. The zero-order chi connectivity index (χ0) is 22.1. The fourth-order valence-electron chi connectivity index (χ4n) is 4.64. The van der Waals surface area contributed by atoms with Crippen LogP contribution in [0, 0.1) is 5.92 Å². The van der Waals surface area contributed by atoms with E-state index in [1.54, 1.807) is 46.5 Å². The Hall–Kier alpha value is -3.46. The predicted octanol–water partition coefficient (Wildman–Crippen LogP) is 2.39. The number of aliphatic hydroxyl groups excluding tert-OH is 1. The van der Waals surface area contributed by atoms with Crippen molar-refractivity contribution in [3.8, 4) is 0 Å². The molecule has 4 heterocycles. The first-order valence-corrected chi connectivity index (χ1v) is 11.0. The topological polar surface area (TPSA) is 114 Å². The number of piperidine rings is 1. The van der Waals surface area contributed by atoms with Gasteiger partial charge in [0.25, 0.3) is 5.91 Å². The van der Waals surface area contributed by atoms with Gasteiger partial charge in [-0.25, -0.2) is 9.78 Å². The molecule has 0 radical (unpaired) electrons. The number of fused-ring (bicyclic) bond motifs is 3. The number of amides is 3. The first-order chi connectivity index (χ1) is 15.6. The summed E-state index contributed by atoms with van der Waals surface area (Å²) in [6.07, 6.45) is 6.15. The van der Waals surface area contributed by atoms with Crippen LogP contribution in [0.15, 0.2) is 36.7 Å². The maximum atomic E-state index is 12.9. The SMILES string of the molecule is O=C(Nc1cccc(C(=O)N2CCCC(CO)C2)c1)N1CCc2c(cnc3[nH]ncc23)C1. The maximum Gasteiger partial charge on any atom is 0.322 e. The predicted molar refractivity (Wildman–Crippen MR) is 119 cm³/mol. The number of rotatable bonds is 3. The summed E-state index contributed by atoms with van der Waals surface area (Å²) in [6, 6.07) is 6.85. The summed E-state index contributed by atoms with van der Waals surface area (Å²) in [5.41, 5.74) is 4.10. The van der Waals surface area contributed by atoms with Crippen LogP contribution in [0.5, 0.6) is 0 Å². The molecular weight excluding hydrogens is 408 g/mol. The van der Waals surface area contributed by atoms with Gasteiger partial charge in [-0.2, -0.15) is 5.10 Å². The number of likely N-dealkylation sites (tertiary alicyclic amines) is 1. The number of aromatic nitrogens is 3. The van der Waals surface area contributed by atoms with Crippen LogP contribution in [0.25, 0.3) is 11.0 Å². The largest absolute Gasteiger partial charge is 0.396 e. The molecule has 3 aromatic rings. The number of aromatic amines is 1. The van der Waals surface area contributed by atoms with Crippen LogP contribution < -0.4 is 5.32 Å². The van der Waals surface area contributed by atoms with Crippen LogP contribution >= 0.6 is 0 Å². The normalized spacial score (nSPS) is 18.5. The van der Waals surface area contributed by atoms with Gasteiger partial charge in [-0.1, -0.05) is 6.07 Å².